The van der Waals surface area contributed by atoms with Crippen molar-refractivity contribution in [1.82, 2.24) is 0 Å². The second kappa shape index (κ2) is 7.60. The van der Waals surface area contributed by atoms with Crippen molar-refractivity contribution < 1.29 is 0 Å². The third kappa shape index (κ3) is 3.56. The highest BCUT2D eigenvalue weighted by molar-refractivity contribution is 5.83. The van der Waals surface area contributed by atoms with E-state index in [2.05, 4.69) is 105 Å². The lowest BCUT2D eigenvalue weighted by molar-refractivity contribution is 0.654. The highest BCUT2D eigenvalue weighted by atomic mass is 14.9. The molecule has 0 aromatic heterocycles. The quantitative estimate of drug-likeness (QED) is 0.445. The maximum atomic E-state index is 3.81. The van der Waals surface area contributed by atoms with Crippen LogP contribution < -0.4 is 5.32 Å². The average Bonchev–Trinajstić information content (AvgIpc) is 2.93. The summed E-state index contributed by atoms with van der Waals surface area (Å²) in [5.74, 6) is 0. The molecular weight excluding hydrogens is 350 g/mol. The molecule has 1 N–H and O–H groups in total. The zero-order valence-electron chi connectivity index (χ0n) is 17.4. The van der Waals surface area contributed by atoms with Gasteiger partial charge in [-0.3, -0.25) is 0 Å². The molecule has 1 nitrogen and oxygen atoms in total. The fraction of sp³-hybridized carbons (Fsp3) is 0.143. The van der Waals surface area contributed by atoms with Gasteiger partial charge in [-0.05, 0) is 64.6 Å². The molecule has 0 amide bonds. The van der Waals surface area contributed by atoms with Crippen LogP contribution in [0.1, 0.15) is 31.9 Å². The Morgan fingerprint density at radius 2 is 1.48 bits per heavy atom. The van der Waals surface area contributed by atoms with E-state index >= 15 is 0 Å². The minimum absolute atomic E-state index is 0.0201. The molecule has 3 aromatic carbocycles. The van der Waals surface area contributed by atoms with Crippen molar-refractivity contribution in [3.05, 3.63) is 114 Å². The fourth-order valence-electron chi connectivity index (χ4n) is 4.27. The van der Waals surface area contributed by atoms with E-state index in [1.165, 1.54) is 33.4 Å². The molecule has 0 radical (unpaired) electrons. The topological polar surface area (TPSA) is 12.0 Å². The van der Waals surface area contributed by atoms with Gasteiger partial charge in [0.2, 0.25) is 0 Å². The number of nitrogens with one attached hydrogen (secondary N) is 1. The third-order valence-electron chi connectivity index (χ3n) is 5.85. The first kappa shape index (κ1) is 19.0. The summed E-state index contributed by atoms with van der Waals surface area (Å²) >= 11 is 0. The Kier molecular flexibility index (Phi) is 4.98. The van der Waals surface area contributed by atoms with Crippen molar-refractivity contribution in [2.45, 2.75) is 26.2 Å². The predicted octanol–water partition coefficient (Wildman–Crippen LogP) is 7.90. The SMILES string of the molecule is C=C/C=C\C1=C(C)c2ccc(Nc3ccc(-c4ccccc4)cc3)cc2C1(C)C. The normalized spacial score (nSPS) is 14.9. The van der Waals surface area contributed by atoms with E-state index in [-0.39, 0.29) is 5.41 Å². The summed E-state index contributed by atoms with van der Waals surface area (Å²) in [4.78, 5) is 0. The van der Waals surface area contributed by atoms with Crippen LogP contribution >= 0.6 is 0 Å². The third-order valence-corrected chi connectivity index (χ3v) is 5.85. The summed E-state index contributed by atoms with van der Waals surface area (Å²) in [6, 6.07) is 25.8. The molecule has 1 heteroatoms. The van der Waals surface area contributed by atoms with E-state index in [1.54, 1.807) is 0 Å². The van der Waals surface area contributed by atoms with E-state index < -0.39 is 0 Å². The van der Waals surface area contributed by atoms with E-state index in [1.807, 2.05) is 18.2 Å². The van der Waals surface area contributed by atoms with Gasteiger partial charge in [0.25, 0.3) is 0 Å². The van der Waals surface area contributed by atoms with Crippen LogP contribution in [0.5, 0.6) is 0 Å². The molecule has 0 unspecified atom stereocenters. The van der Waals surface area contributed by atoms with Gasteiger partial charge < -0.3 is 5.32 Å². The van der Waals surface area contributed by atoms with Gasteiger partial charge >= 0.3 is 0 Å². The van der Waals surface area contributed by atoms with Gasteiger partial charge in [-0.2, -0.15) is 0 Å². The van der Waals surface area contributed by atoms with Crippen LogP contribution in [-0.4, -0.2) is 0 Å². The minimum Gasteiger partial charge on any atom is -0.356 e. The molecule has 29 heavy (non-hydrogen) atoms. The van der Waals surface area contributed by atoms with Crippen molar-refractivity contribution in [3.8, 4) is 11.1 Å². The number of fused-ring (bicyclic) bond motifs is 1. The molecule has 0 saturated heterocycles. The second-order valence-electron chi connectivity index (χ2n) is 8.09. The van der Waals surface area contributed by atoms with Gasteiger partial charge in [0, 0.05) is 16.8 Å². The summed E-state index contributed by atoms with van der Waals surface area (Å²) in [5.41, 5.74) is 10.1. The van der Waals surface area contributed by atoms with Crippen LogP contribution in [0, 0.1) is 0 Å². The number of benzene rings is 3. The van der Waals surface area contributed by atoms with E-state index in [0.717, 1.165) is 11.4 Å². The molecule has 1 aliphatic carbocycles. The Hall–Kier alpha value is -3.32. The first-order valence-electron chi connectivity index (χ1n) is 10.1. The molecule has 1 aliphatic rings. The summed E-state index contributed by atoms with van der Waals surface area (Å²) in [7, 11) is 0. The Labute approximate surface area is 174 Å². The molecule has 0 spiro atoms. The second-order valence-corrected chi connectivity index (χ2v) is 8.09. The lowest BCUT2D eigenvalue weighted by Crippen LogP contribution is -2.16. The molecule has 0 fully saturated rings. The zero-order valence-corrected chi connectivity index (χ0v) is 17.4. The molecule has 4 rings (SSSR count). The predicted molar refractivity (Wildman–Crippen MR) is 127 cm³/mol. The van der Waals surface area contributed by atoms with Gasteiger partial charge in [-0.1, -0.05) is 87.2 Å². The summed E-state index contributed by atoms with van der Waals surface area (Å²) in [5, 5.41) is 3.57. The van der Waals surface area contributed by atoms with Crippen molar-refractivity contribution in [2.24, 2.45) is 0 Å². The molecule has 144 valence electrons. The van der Waals surface area contributed by atoms with Crippen LogP contribution in [0.15, 0.2) is 103 Å². The number of anilines is 2. The van der Waals surface area contributed by atoms with Crippen molar-refractivity contribution >= 4 is 16.9 Å². The molecule has 0 saturated carbocycles. The van der Waals surface area contributed by atoms with E-state index in [0.29, 0.717) is 0 Å². The Morgan fingerprint density at radius 3 is 2.17 bits per heavy atom. The van der Waals surface area contributed by atoms with Crippen LogP contribution in [0.3, 0.4) is 0 Å². The van der Waals surface area contributed by atoms with Gasteiger partial charge in [0.05, 0.1) is 0 Å². The lowest BCUT2D eigenvalue weighted by Gasteiger charge is -2.23. The maximum absolute atomic E-state index is 3.81. The first-order chi connectivity index (χ1) is 14.0. The monoisotopic (exact) mass is 377 g/mol. The van der Waals surface area contributed by atoms with E-state index in [9.17, 15) is 0 Å². The fourth-order valence-corrected chi connectivity index (χ4v) is 4.27. The summed E-state index contributed by atoms with van der Waals surface area (Å²) in [6.07, 6.45) is 6.06. The molecule has 0 bridgehead atoms. The highest BCUT2D eigenvalue weighted by Crippen LogP contribution is 2.47. The van der Waals surface area contributed by atoms with Crippen LogP contribution in [0.25, 0.3) is 16.7 Å². The van der Waals surface area contributed by atoms with Crippen LogP contribution in [0.2, 0.25) is 0 Å². The molecular formula is C28H27N. The average molecular weight is 378 g/mol. The van der Waals surface area contributed by atoms with Crippen molar-refractivity contribution in [2.75, 3.05) is 5.32 Å². The molecule has 0 atom stereocenters. The van der Waals surface area contributed by atoms with Gasteiger partial charge in [0.1, 0.15) is 0 Å². The molecule has 3 aromatic rings. The largest absolute Gasteiger partial charge is 0.356 e. The number of allylic oxidation sites excluding steroid dienone is 5. The van der Waals surface area contributed by atoms with Gasteiger partial charge in [-0.25, -0.2) is 0 Å². The lowest BCUT2D eigenvalue weighted by atomic mass is 9.81. The van der Waals surface area contributed by atoms with Crippen molar-refractivity contribution in [1.29, 1.82) is 0 Å². The highest BCUT2D eigenvalue weighted by Gasteiger charge is 2.34. The van der Waals surface area contributed by atoms with Crippen LogP contribution in [-0.2, 0) is 5.41 Å². The Bertz CT molecular complexity index is 1100. The van der Waals surface area contributed by atoms with Gasteiger partial charge in [0.15, 0.2) is 0 Å². The zero-order chi connectivity index (χ0) is 20.4. The van der Waals surface area contributed by atoms with E-state index in [4.69, 9.17) is 0 Å². The molecule has 0 heterocycles. The number of hydrogen-bond acceptors (Lipinski definition) is 1. The minimum atomic E-state index is -0.0201. The standard InChI is InChI=1S/C28H27N/c1-5-6-12-26-20(2)25-18-17-24(19-27(25)28(26,3)4)29-23-15-13-22(14-16-23)21-10-8-7-9-11-21/h5-19,29H,1H2,2-4H3/b12-6-. The smallest absolute Gasteiger partial charge is 0.0387 e. The Balaban J connectivity index is 1.59. The van der Waals surface area contributed by atoms with Crippen molar-refractivity contribution in [3.63, 3.8) is 0 Å². The number of hydrogen-bond donors (Lipinski definition) is 1. The number of rotatable bonds is 5. The molecule has 0 aliphatic heterocycles. The first-order valence-corrected chi connectivity index (χ1v) is 10.1. The van der Waals surface area contributed by atoms with Gasteiger partial charge in [-0.15, -0.1) is 0 Å². The summed E-state index contributed by atoms with van der Waals surface area (Å²) < 4.78 is 0. The van der Waals surface area contributed by atoms with Crippen LogP contribution in [0.4, 0.5) is 11.4 Å². The summed E-state index contributed by atoms with van der Waals surface area (Å²) in [6.45, 7) is 10.6. The Morgan fingerprint density at radius 1 is 0.828 bits per heavy atom. The maximum Gasteiger partial charge on any atom is 0.0387 e.